The number of fused-ring (bicyclic) bond motifs is 2. The lowest BCUT2D eigenvalue weighted by molar-refractivity contribution is -0.640. The van der Waals surface area contributed by atoms with Crippen molar-refractivity contribution in [3.8, 4) is 11.5 Å². The molecule has 0 saturated carbocycles. The van der Waals surface area contributed by atoms with Crippen LogP contribution in [-0.2, 0) is 10.2 Å². The van der Waals surface area contributed by atoms with E-state index < -0.39 is 0 Å². The molecule has 3 heterocycles. The number of nitrogens with two attached hydrogens (primary N) is 1. The molecular weight excluding hydrogens is 376 g/mol. The van der Waals surface area contributed by atoms with Gasteiger partial charge in [-0.15, -0.1) is 0 Å². The van der Waals surface area contributed by atoms with E-state index in [0.29, 0.717) is 18.4 Å². The summed E-state index contributed by atoms with van der Waals surface area (Å²) < 4.78 is 11.6. The van der Waals surface area contributed by atoms with Gasteiger partial charge in [0.15, 0.2) is 11.5 Å². The summed E-state index contributed by atoms with van der Waals surface area (Å²) in [5.74, 6) is 2.49. The van der Waals surface area contributed by atoms with E-state index in [9.17, 15) is 4.79 Å². The zero-order chi connectivity index (χ0) is 20.6. The predicted molar refractivity (Wildman–Crippen MR) is 115 cm³/mol. The normalized spacial score (nSPS) is 26.3. The SMILES string of the molecule is COc1cccc2c1OCC[C@]21C[NH2+]C[C@H]1C(=O)N1CCC(c2ccccc2)CC1. The maximum absolute atomic E-state index is 13.7. The van der Waals surface area contributed by atoms with Gasteiger partial charge in [-0.3, -0.25) is 4.79 Å². The van der Waals surface area contributed by atoms with Crippen molar-refractivity contribution in [2.24, 2.45) is 5.92 Å². The van der Waals surface area contributed by atoms with Crippen LogP contribution in [0.4, 0.5) is 0 Å². The Bertz CT molecular complexity index is 908. The maximum Gasteiger partial charge on any atom is 0.232 e. The fraction of sp³-hybridized carbons (Fsp3) is 0.480. The Morgan fingerprint density at radius 1 is 1.13 bits per heavy atom. The van der Waals surface area contributed by atoms with E-state index in [1.807, 2.05) is 12.1 Å². The lowest BCUT2D eigenvalue weighted by atomic mass is 9.68. The molecule has 3 aliphatic heterocycles. The molecule has 0 unspecified atom stereocenters. The summed E-state index contributed by atoms with van der Waals surface area (Å²) in [6.07, 6.45) is 2.99. The molecule has 2 aromatic carbocycles. The Kier molecular flexibility index (Phi) is 5.15. The molecule has 5 heteroatoms. The highest BCUT2D eigenvalue weighted by Gasteiger charge is 2.55. The van der Waals surface area contributed by atoms with Gasteiger partial charge < -0.3 is 19.7 Å². The number of benzene rings is 2. The van der Waals surface area contributed by atoms with Crippen molar-refractivity contribution in [2.75, 3.05) is 39.9 Å². The number of hydrogen-bond donors (Lipinski definition) is 1. The Hall–Kier alpha value is -2.53. The van der Waals surface area contributed by atoms with Gasteiger partial charge in [0.1, 0.15) is 5.92 Å². The van der Waals surface area contributed by atoms with Gasteiger partial charge in [-0.2, -0.15) is 0 Å². The van der Waals surface area contributed by atoms with Crippen LogP contribution in [0.2, 0.25) is 0 Å². The summed E-state index contributed by atoms with van der Waals surface area (Å²) in [4.78, 5) is 15.8. The molecule has 0 radical (unpaired) electrons. The van der Waals surface area contributed by atoms with Gasteiger partial charge >= 0.3 is 0 Å². The number of piperidine rings is 1. The molecule has 5 nitrogen and oxygen atoms in total. The quantitative estimate of drug-likeness (QED) is 0.850. The second kappa shape index (κ2) is 7.95. The molecule has 2 fully saturated rings. The maximum atomic E-state index is 13.7. The van der Waals surface area contributed by atoms with Crippen LogP contribution in [0.5, 0.6) is 11.5 Å². The standard InChI is InChI=1S/C25H30N2O3/c1-29-22-9-5-8-20-23(22)30-15-12-25(20)17-26-16-21(25)24(28)27-13-10-19(11-14-27)18-6-3-2-4-7-18/h2-9,19,21,26H,10-17H2,1H3/p+1/t21-,25-/m0/s1. The van der Waals surface area contributed by atoms with Crippen molar-refractivity contribution < 1.29 is 19.6 Å². The molecule has 0 aromatic heterocycles. The first-order valence-electron chi connectivity index (χ1n) is 11.2. The molecule has 30 heavy (non-hydrogen) atoms. The van der Waals surface area contributed by atoms with E-state index in [1.165, 1.54) is 5.56 Å². The third kappa shape index (κ3) is 3.16. The number of nitrogens with zero attached hydrogens (tertiary/aromatic N) is 1. The van der Waals surface area contributed by atoms with Crippen LogP contribution < -0.4 is 14.8 Å². The number of methoxy groups -OCH3 is 1. The Balaban J connectivity index is 1.36. The summed E-state index contributed by atoms with van der Waals surface area (Å²) in [6.45, 7) is 4.14. The second-order valence-electron chi connectivity index (χ2n) is 8.88. The third-order valence-electron chi connectivity index (χ3n) is 7.48. The number of rotatable bonds is 3. The van der Waals surface area contributed by atoms with Crippen molar-refractivity contribution in [1.29, 1.82) is 0 Å². The lowest BCUT2D eigenvalue weighted by Crippen LogP contribution is -2.82. The van der Waals surface area contributed by atoms with Crippen LogP contribution in [0.15, 0.2) is 48.5 Å². The molecule has 0 aliphatic carbocycles. The third-order valence-corrected chi connectivity index (χ3v) is 7.48. The number of carbonyl (C=O) groups is 1. The van der Waals surface area contributed by atoms with Gasteiger partial charge in [0.2, 0.25) is 5.91 Å². The van der Waals surface area contributed by atoms with Gasteiger partial charge in [-0.25, -0.2) is 0 Å². The molecule has 158 valence electrons. The fourth-order valence-corrected chi connectivity index (χ4v) is 5.85. The zero-order valence-corrected chi connectivity index (χ0v) is 17.7. The van der Waals surface area contributed by atoms with Crippen molar-refractivity contribution >= 4 is 5.91 Å². The van der Waals surface area contributed by atoms with Crippen LogP contribution in [0.25, 0.3) is 0 Å². The van der Waals surface area contributed by atoms with Crippen LogP contribution >= 0.6 is 0 Å². The van der Waals surface area contributed by atoms with Gasteiger partial charge in [-0.05, 0) is 36.8 Å². The number of amides is 1. The first kappa shape index (κ1) is 19.4. The first-order valence-corrected chi connectivity index (χ1v) is 11.2. The number of ether oxygens (including phenoxy) is 2. The molecule has 0 bridgehead atoms. The lowest BCUT2D eigenvalue weighted by Gasteiger charge is -2.40. The minimum Gasteiger partial charge on any atom is -0.493 e. The molecule has 3 aliphatic rings. The first-order chi connectivity index (χ1) is 14.7. The Labute approximate surface area is 178 Å². The number of hydrogen-bond acceptors (Lipinski definition) is 3. The van der Waals surface area contributed by atoms with Gasteiger partial charge in [0, 0.05) is 18.7 Å². The summed E-state index contributed by atoms with van der Waals surface area (Å²) in [6, 6.07) is 16.8. The summed E-state index contributed by atoms with van der Waals surface area (Å²) in [7, 11) is 1.68. The highest BCUT2D eigenvalue weighted by atomic mass is 16.5. The monoisotopic (exact) mass is 407 g/mol. The zero-order valence-electron chi connectivity index (χ0n) is 17.7. The summed E-state index contributed by atoms with van der Waals surface area (Å²) in [5, 5.41) is 2.31. The molecule has 5 rings (SSSR count). The van der Waals surface area contributed by atoms with Crippen molar-refractivity contribution in [3.63, 3.8) is 0 Å². The predicted octanol–water partition coefficient (Wildman–Crippen LogP) is 2.31. The smallest absolute Gasteiger partial charge is 0.232 e. The average Bonchev–Trinajstić information content (AvgIpc) is 3.23. The van der Waals surface area contributed by atoms with Crippen LogP contribution in [-0.4, -0.2) is 50.7 Å². The molecule has 1 spiro atoms. The molecule has 2 saturated heterocycles. The number of quaternary nitrogens is 1. The van der Waals surface area contributed by atoms with Crippen LogP contribution in [0, 0.1) is 5.92 Å². The van der Waals surface area contributed by atoms with Crippen LogP contribution in [0.1, 0.15) is 36.3 Å². The summed E-state index contributed by atoms with van der Waals surface area (Å²) in [5.41, 5.74) is 2.40. The molecule has 2 N–H and O–H groups in total. The summed E-state index contributed by atoms with van der Waals surface area (Å²) >= 11 is 0. The minimum absolute atomic E-state index is 0.000492. The highest BCUT2D eigenvalue weighted by molar-refractivity contribution is 5.82. The van der Waals surface area contributed by atoms with E-state index in [1.54, 1.807) is 7.11 Å². The van der Waals surface area contributed by atoms with Crippen molar-refractivity contribution in [1.82, 2.24) is 4.90 Å². The van der Waals surface area contributed by atoms with E-state index in [4.69, 9.17) is 9.47 Å². The van der Waals surface area contributed by atoms with E-state index >= 15 is 0 Å². The molecule has 1 amide bonds. The average molecular weight is 408 g/mol. The molecular formula is C25H31N2O3+. The van der Waals surface area contributed by atoms with Gasteiger partial charge in [0.05, 0.1) is 32.2 Å². The Morgan fingerprint density at radius 3 is 2.70 bits per heavy atom. The highest BCUT2D eigenvalue weighted by Crippen LogP contribution is 2.48. The minimum atomic E-state index is -0.157. The topological polar surface area (TPSA) is 55.4 Å². The van der Waals surface area contributed by atoms with E-state index in [-0.39, 0.29) is 11.3 Å². The van der Waals surface area contributed by atoms with Crippen LogP contribution in [0.3, 0.4) is 0 Å². The molecule has 2 aromatic rings. The van der Waals surface area contributed by atoms with Gasteiger partial charge in [-0.1, -0.05) is 42.5 Å². The number of likely N-dealkylation sites (tertiary alicyclic amines) is 1. The number of para-hydroxylation sites is 1. The Morgan fingerprint density at radius 2 is 1.93 bits per heavy atom. The fourth-order valence-electron chi connectivity index (χ4n) is 5.85. The second-order valence-corrected chi connectivity index (χ2v) is 8.88. The number of carbonyl (C=O) groups excluding carboxylic acids is 1. The van der Waals surface area contributed by atoms with E-state index in [2.05, 4.69) is 46.6 Å². The molecule has 2 atom stereocenters. The van der Waals surface area contributed by atoms with Gasteiger partial charge in [0.25, 0.3) is 0 Å². The largest absolute Gasteiger partial charge is 0.493 e. The van der Waals surface area contributed by atoms with E-state index in [0.717, 1.165) is 62.5 Å². The van der Waals surface area contributed by atoms with Crippen molar-refractivity contribution in [2.45, 2.75) is 30.6 Å². The van der Waals surface area contributed by atoms with Crippen molar-refractivity contribution in [3.05, 3.63) is 59.7 Å².